The molecule has 0 amide bonds. The number of hydrogen-bond donors (Lipinski definition) is 1. The summed E-state index contributed by atoms with van der Waals surface area (Å²) in [6, 6.07) is 0. The van der Waals surface area contributed by atoms with E-state index in [-0.39, 0.29) is 16.1 Å². The van der Waals surface area contributed by atoms with Crippen LogP contribution >= 0.6 is 5.95 Å². The Balaban J connectivity index is 4.89. The van der Waals surface area contributed by atoms with Crippen molar-refractivity contribution in [3.8, 4) is 0 Å². The molecular weight excluding hydrogens is 322 g/mol. The van der Waals surface area contributed by atoms with Crippen molar-refractivity contribution in [3.05, 3.63) is 0 Å². The van der Waals surface area contributed by atoms with Gasteiger partial charge < -0.3 is 0 Å². The third-order valence-corrected chi connectivity index (χ3v) is 17.2. The van der Waals surface area contributed by atoms with Gasteiger partial charge in [-0.1, -0.05) is 0 Å². The summed E-state index contributed by atoms with van der Waals surface area (Å²) in [5.41, 5.74) is 0. The van der Waals surface area contributed by atoms with Crippen LogP contribution in [0.25, 0.3) is 0 Å². The Kier molecular flexibility index (Phi) is 5.74. The van der Waals surface area contributed by atoms with Gasteiger partial charge in [-0.2, -0.15) is 0 Å². The molecule has 0 unspecified atom stereocenters. The van der Waals surface area contributed by atoms with E-state index in [1.165, 1.54) is 0 Å². The molecular formula is C11H25O3PSSe+. The Bertz CT molecular complexity index is 338. The van der Waals surface area contributed by atoms with E-state index in [0.29, 0.717) is 6.42 Å². The Hall–Kier alpha value is 0.859. The van der Waals surface area contributed by atoms with Crippen molar-refractivity contribution in [2.45, 2.75) is 58.3 Å². The van der Waals surface area contributed by atoms with E-state index in [0.717, 1.165) is 6.16 Å². The quantitative estimate of drug-likeness (QED) is 0.483. The minimum atomic E-state index is -3.83. The van der Waals surface area contributed by atoms with Crippen LogP contribution in [0.15, 0.2) is 0 Å². The first-order chi connectivity index (χ1) is 7.21. The van der Waals surface area contributed by atoms with Crippen LogP contribution in [0.4, 0.5) is 0 Å². The van der Waals surface area contributed by atoms with Crippen molar-refractivity contribution in [1.82, 2.24) is 0 Å². The van der Waals surface area contributed by atoms with Gasteiger partial charge >= 0.3 is 115 Å². The molecule has 0 heterocycles. The second kappa shape index (κ2) is 5.46. The van der Waals surface area contributed by atoms with E-state index in [1.807, 2.05) is 0 Å². The molecule has 0 atom stereocenters. The van der Waals surface area contributed by atoms with Crippen LogP contribution in [0.1, 0.15) is 48.0 Å². The van der Waals surface area contributed by atoms with Crippen LogP contribution in [0.2, 0.25) is 0 Å². The van der Waals surface area contributed by atoms with E-state index in [1.54, 1.807) is 0 Å². The van der Waals surface area contributed by atoms with E-state index < -0.39 is 16.1 Å². The molecule has 103 valence electrons. The first-order valence-electron chi connectivity index (χ1n) is 5.75. The van der Waals surface area contributed by atoms with Crippen LogP contribution in [0.3, 0.4) is 0 Å². The van der Waals surface area contributed by atoms with Crippen molar-refractivity contribution in [1.29, 1.82) is 0 Å². The molecule has 0 saturated heterocycles. The van der Waals surface area contributed by atoms with Crippen LogP contribution < -0.4 is 0 Å². The molecule has 0 rings (SSSR count). The van der Waals surface area contributed by atoms with Crippen LogP contribution in [-0.2, 0) is 10.1 Å². The molecule has 6 heteroatoms. The summed E-state index contributed by atoms with van der Waals surface area (Å²) >= 11 is 3.39. The average molecular weight is 347 g/mol. The molecule has 1 radical (unpaired) electrons. The van der Waals surface area contributed by atoms with Gasteiger partial charge in [0.15, 0.2) is 0 Å². The molecule has 0 saturated carbocycles. The second-order valence-corrected chi connectivity index (χ2v) is 16.6. The van der Waals surface area contributed by atoms with Gasteiger partial charge in [-0.25, -0.2) is 0 Å². The Morgan fingerprint density at radius 1 is 1.06 bits per heavy atom. The Morgan fingerprint density at radius 3 is 1.65 bits per heavy atom. The third kappa shape index (κ3) is 5.16. The van der Waals surface area contributed by atoms with Crippen molar-refractivity contribution < 1.29 is 13.0 Å². The zero-order valence-corrected chi connectivity index (χ0v) is 15.1. The molecule has 0 aliphatic heterocycles. The number of hydrogen-bond acceptors (Lipinski definition) is 2. The normalized spacial score (nSPS) is 15.1. The fraction of sp³-hybridized carbons (Fsp3) is 1.00. The monoisotopic (exact) mass is 348 g/mol. The summed E-state index contributed by atoms with van der Waals surface area (Å²) in [7, 11) is -3.83. The summed E-state index contributed by atoms with van der Waals surface area (Å²) in [4.78, 5) is 0. The molecule has 3 nitrogen and oxygen atoms in total. The van der Waals surface area contributed by atoms with E-state index in [2.05, 4.69) is 57.1 Å². The topological polar surface area (TPSA) is 54.4 Å². The van der Waals surface area contributed by atoms with Gasteiger partial charge in [-0.15, -0.1) is 0 Å². The molecule has 0 aliphatic carbocycles. The molecule has 0 spiro atoms. The van der Waals surface area contributed by atoms with Gasteiger partial charge in [0.25, 0.3) is 0 Å². The molecule has 0 aromatic carbocycles. The van der Waals surface area contributed by atoms with E-state index in [9.17, 15) is 8.42 Å². The van der Waals surface area contributed by atoms with Crippen LogP contribution in [0.5, 0.6) is 0 Å². The van der Waals surface area contributed by atoms with Gasteiger partial charge in [-0.3, -0.25) is 0 Å². The zero-order chi connectivity index (χ0) is 14.1. The van der Waals surface area contributed by atoms with E-state index >= 15 is 0 Å². The molecule has 0 bridgehead atoms. The van der Waals surface area contributed by atoms with Gasteiger partial charge in [-0.05, 0) is 0 Å². The maximum atomic E-state index is 10.8. The average Bonchev–Trinajstić information content (AvgIpc) is 1.96. The van der Waals surface area contributed by atoms with Gasteiger partial charge in [0.2, 0.25) is 0 Å². The molecule has 0 aromatic heterocycles. The summed E-state index contributed by atoms with van der Waals surface area (Å²) in [5, 5.41) is 0.287. The Labute approximate surface area is 115 Å². The van der Waals surface area contributed by atoms with Crippen molar-refractivity contribution in [3.63, 3.8) is 0 Å². The minimum absolute atomic E-state index is 0.136. The Morgan fingerprint density at radius 2 is 1.41 bits per heavy atom. The summed E-state index contributed by atoms with van der Waals surface area (Å²) in [5.74, 6) is -1.56. The standard InChI is InChI=1S/C11H25O3PSSe/c1-10(2,3)15(17,11(4,5)6)8-7-9-16(12,13)14/h7-9H2,1-6H3,(H,12,13,14)/q+1. The first kappa shape index (κ1) is 17.9. The van der Waals surface area contributed by atoms with Crippen molar-refractivity contribution in [2.75, 3.05) is 11.9 Å². The molecule has 17 heavy (non-hydrogen) atoms. The molecule has 0 fully saturated rings. The second-order valence-electron chi connectivity index (χ2n) is 6.44. The molecule has 0 aromatic rings. The first-order valence-corrected chi connectivity index (χ1v) is 11.6. The zero-order valence-electron chi connectivity index (χ0n) is 11.6. The van der Waals surface area contributed by atoms with Crippen molar-refractivity contribution in [2.24, 2.45) is 0 Å². The third-order valence-electron chi connectivity index (χ3n) is 3.04. The summed E-state index contributed by atoms with van der Waals surface area (Å²) < 4.78 is 30.3. The van der Waals surface area contributed by atoms with Gasteiger partial charge in [0.05, 0.1) is 0 Å². The number of rotatable bonds is 4. The predicted octanol–water partition coefficient (Wildman–Crippen LogP) is 2.96. The van der Waals surface area contributed by atoms with Crippen LogP contribution in [-0.4, -0.2) is 50.8 Å². The van der Waals surface area contributed by atoms with Crippen LogP contribution in [0, 0.1) is 0 Å². The van der Waals surface area contributed by atoms with Gasteiger partial charge in [0, 0.05) is 0 Å². The maximum absolute atomic E-state index is 10.8. The summed E-state index contributed by atoms with van der Waals surface area (Å²) in [6.45, 7) is 13.2. The van der Waals surface area contributed by atoms with Gasteiger partial charge in [0.1, 0.15) is 0 Å². The van der Waals surface area contributed by atoms with E-state index in [4.69, 9.17) is 4.55 Å². The predicted molar refractivity (Wildman–Crippen MR) is 78.1 cm³/mol. The SMILES string of the molecule is CC(C)(C)[P+]([Se])(CCCS(=O)(=O)O)C(C)(C)C. The fourth-order valence-corrected chi connectivity index (χ4v) is 7.64. The summed E-state index contributed by atoms with van der Waals surface area (Å²) in [6.07, 6.45) is 1.37. The molecule has 1 N–H and O–H groups in total. The molecule has 0 aliphatic rings. The fourth-order valence-electron chi connectivity index (χ4n) is 2.15. The van der Waals surface area contributed by atoms with Crippen molar-refractivity contribution >= 4 is 31.6 Å².